The number of thiazole rings is 1. The van der Waals surface area contributed by atoms with Gasteiger partial charge in [-0.2, -0.15) is 0 Å². The Kier molecular flexibility index (Phi) is 7.17. The van der Waals surface area contributed by atoms with E-state index in [0.29, 0.717) is 49.1 Å². The van der Waals surface area contributed by atoms with Crippen LogP contribution in [0.1, 0.15) is 37.9 Å². The number of carboxylic acid groups (broad SMARTS) is 1. The fourth-order valence-corrected chi connectivity index (χ4v) is 5.21. The lowest BCUT2D eigenvalue weighted by molar-refractivity contribution is -0.149. The number of nitrogens with one attached hydrogen (secondary N) is 2. The number of carbonyl (C=O) groups is 2. The summed E-state index contributed by atoms with van der Waals surface area (Å²) in [5.41, 5.74) is 3.16. The Morgan fingerprint density at radius 1 is 1.13 bits per heavy atom. The number of amides is 2. The van der Waals surface area contributed by atoms with Crippen LogP contribution in [-0.2, 0) is 11.8 Å². The van der Waals surface area contributed by atoms with Crippen molar-refractivity contribution in [1.29, 1.82) is 0 Å². The molecule has 200 valence electrons. The van der Waals surface area contributed by atoms with E-state index in [1.54, 1.807) is 31.8 Å². The topological polar surface area (TPSA) is 138 Å². The molecule has 1 saturated heterocycles. The number of rotatable bonds is 5. The highest BCUT2D eigenvalue weighted by atomic mass is 32.1. The molecule has 39 heavy (non-hydrogen) atoms. The van der Waals surface area contributed by atoms with Crippen LogP contribution in [-0.4, -0.2) is 61.2 Å². The Morgan fingerprint density at radius 3 is 2.51 bits per heavy atom. The van der Waals surface area contributed by atoms with E-state index in [2.05, 4.69) is 42.4 Å². The van der Waals surface area contributed by atoms with Gasteiger partial charge in [0.1, 0.15) is 5.69 Å². The Labute approximate surface area is 229 Å². The number of nitrogens with zero attached hydrogens (tertiary/aromatic N) is 6. The van der Waals surface area contributed by atoms with Crippen LogP contribution >= 0.6 is 11.3 Å². The molecule has 1 aliphatic rings. The number of anilines is 2. The maximum Gasteiger partial charge on any atom is 0.321 e. The molecule has 4 heterocycles. The summed E-state index contributed by atoms with van der Waals surface area (Å²) < 4.78 is 2.70. The first-order chi connectivity index (χ1) is 18.8. The van der Waals surface area contributed by atoms with Crippen LogP contribution in [0.2, 0.25) is 0 Å². The number of urea groups is 1. The number of hydrogen-bond donors (Lipinski definition) is 3. The third-order valence-electron chi connectivity index (χ3n) is 6.83. The molecular formula is C27H28N8O3S. The Balaban J connectivity index is 1.46. The molecule has 1 aromatic carbocycles. The van der Waals surface area contributed by atoms with Gasteiger partial charge in [0.2, 0.25) is 5.95 Å². The van der Waals surface area contributed by atoms with E-state index in [-0.39, 0.29) is 6.03 Å². The lowest BCUT2D eigenvalue weighted by Gasteiger charge is -2.36. The van der Waals surface area contributed by atoms with Crippen molar-refractivity contribution in [3.63, 3.8) is 0 Å². The second-order valence-corrected chi connectivity index (χ2v) is 10.6. The molecule has 0 radical (unpaired) electrons. The summed E-state index contributed by atoms with van der Waals surface area (Å²) in [6.07, 6.45) is 7.99. The van der Waals surface area contributed by atoms with Crippen molar-refractivity contribution in [2.75, 3.05) is 29.9 Å². The minimum atomic E-state index is -0.762. The van der Waals surface area contributed by atoms with E-state index in [4.69, 9.17) is 0 Å². The largest absolute Gasteiger partial charge is 0.481 e. The number of carboxylic acids is 1. The normalized spacial score (nSPS) is 14.5. The Hall–Kier alpha value is -4.50. The van der Waals surface area contributed by atoms with E-state index in [1.807, 2.05) is 35.6 Å². The Morgan fingerprint density at radius 2 is 1.87 bits per heavy atom. The zero-order chi connectivity index (χ0) is 27.6. The van der Waals surface area contributed by atoms with E-state index in [0.717, 1.165) is 27.1 Å². The molecule has 0 saturated carbocycles. The van der Waals surface area contributed by atoms with Crippen LogP contribution in [0.4, 0.5) is 15.9 Å². The van der Waals surface area contributed by atoms with Crippen LogP contribution in [0.5, 0.6) is 0 Å². The number of aromatic nitrogens is 5. The second-order valence-electron chi connectivity index (χ2n) is 9.64. The summed E-state index contributed by atoms with van der Waals surface area (Å²) in [5.74, 6) is 6.23. The third kappa shape index (κ3) is 5.53. The van der Waals surface area contributed by atoms with Crippen LogP contribution in [0.3, 0.4) is 0 Å². The van der Waals surface area contributed by atoms with E-state index < -0.39 is 11.4 Å². The minimum Gasteiger partial charge on any atom is -0.481 e. The zero-order valence-electron chi connectivity index (χ0n) is 21.9. The van der Waals surface area contributed by atoms with E-state index in [9.17, 15) is 14.7 Å². The average molecular weight is 545 g/mol. The van der Waals surface area contributed by atoms with Gasteiger partial charge in [0, 0.05) is 50.2 Å². The summed E-state index contributed by atoms with van der Waals surface area (Å²) in [6, 6.07) is 3.59. The Bertz CT molecular complexity index is 1590. The maximum atomic E-state index is 12.1. The molecular weight excluding hydrogens is 516 g/mol. The van der Waals surface area contributed by atoms with Gasteiger partial charge in [-0.05, 0) is 50.3 Å². The maximum absolute atomic E-state index is 12.1. The third-order valence-corrected chi connectivity index (χ3v) is 7.85. The smallest absolute Gasteiger partial charge is 0.321 e. The lowest BCUT2D eigenvalue weighted by Crippen LogP contribution is -2.43. The molecule has 0 bridgehead atoms. The zero-order valence-corrected chi connectivity index (χ0v) is 22.7. The van der Waals surface area contributed by atoms with Crippen LogP contribution in [0.15, 0.2) is 37.1 Å². The van der Waals surface area contributed by atoms with Crippen LogP contribution in [0, 0.1) is 17.3 Å². The number of fused-ring (bicyclic) bond motifs is 1. The molecule has 3 aromatic heterocycles. The molecule has 3 N–H and O–H groups in total. The van der Waals surface area contributed by atoms with Crippen molar-refractivity contribution < 1.29 is 14.7 Å². The average Bonchev–Trinajstić information content (AvgIpc) is 3.52. The van der Waals surface area contributed by atoms with Crippen molar-refractivity contribution in [3.05, 3.63) is 48.3 Å². The first-order valence-electron chi connectivity index (χ1n) is 12.5. The summed E-state index contributed by atoms with van der Waals surface area (Å²) in [6.45, 7) is 5.32. The summed E-state index contributed by atoms with van der Waals surface area (Å²) in [7, 11) is 1.88. The van der Waals surface area contributed by atoms with Crippen molar-refractivity contribution in [2.45, 2.75) is 26.7 Å². The molecule has 5 rings (SSSR count). The molecule has 1 aliphatic heterocycles. The first kappa shape index (κ1) is 26.1. The SMILES string of the molecule is CCNC(=O)Nc1nc2cc(-c3cnc(N4CCC(C)(C(=O)O)CC4)nc3)cc(C#Cc3cncn3C)c2s1. The highest BCUT2D eigenvalue weighted by molar-refractivity contribution is 7.22. The van der Waals surface area contributed by atoms with Crippen molar-refractivity contribution in [1.82, 2.24) is 29.8 Å². The van der Waals surface area contributed by atoms with Crippen LogP contribution in [0.25, 0.3) is 21.3 Å². The number of benzene rings is 1. The van der Waals surface area contributed by atoms with Gasteiger partial charge < -0.3 is 19.9 Å². The van der Waals surface area contributed by atoms with Gasteiger partial charge in [-0.3, -0.25) is 10.1 Å². The molecule has 0 unspecified atom stereocenters. The second kappa shape index (κ2) is 10.7. The van der Waals surface area contributed by atoms with E-state index in [1.165, 1.54) is 11.3 Å². The molecule has 2 amide bonds. The minimum absolute atomic E-state index is 0.315. The molecule has 0 atom stereocenters. The highest BCUT2D eigenvalue weighted by Crippen LogP contribution is 2.35. The van der Waals surface area contributed by atoms with Gasteiger partial charge in [0.05, 0.1) is 28.2 Å². The van der Waals surface area contributed by atoms with Crippen molar-refractivity contribution in [3.8, 4) is 23.0 Å². The molecule has 0 aliphatic carbocycles. The quantitative estimate of drug-likeness (QED) is 0.323. The summed E-state index contributed by atoms with van der Waals surface area (Å²) >= 11 is 1.36. The summed E-state index contributed by atoms with van der Waals surface area (Å²) in [5, 5.41) is 15.5. The molecule has 0 spiro atoms. The predicted octanol–water partition coefficient (Wildman–Crippen LogP) is 3.72. The number of carbonyl (C=O) groups excluding carboxylic acids is 1. The lowest BCUT2D eigenvalue weighted by atomic mass is 9.80. The first-order valence-corrected chi connectivity index (χ1v) is 13.4. The predicted molar refractivity (Wildman–Crippen MR) is 150 cm³/mol. The van der Waals surface area contributed by atoms with Gasteiger partial charge in [0.15, 0.2) is 5.13 Å². The van der Waals surface area contributed by atoms with Crippen LogP contribution < -0.4 is 15.5 Å². The fourth-order valence-electron chi connectivity index (χ4n) is 4.30. The highest BCUT2D eigenvalue weighted by Gasteiger charge is 2.37. The summed E-state index contributed by atoms with van der Waals surface area (Å²) in [4.78, 5) is 43.6. The molecule has 12 heteroatoms. The molecule has 11 nitrogen and oxygen atoms in total. The van der Waals surface area contributed by atoms with Crippen molar-refractivity contribution >= 4 is 44.6 Å². The van der Waals surface area contributed by atoms with Gasteiger partial charge in [0.25, 0.3) is 0 Å². The standard InChI is InChI=1S/C27H28N8O3S/c1-4-29-25(38)33-26-32-21-12-18(11-17(22(21)39-26)5-6-20-15-28-16-34(20)3)19-13-30-24(31-14-19)35-9-7-27(2,8-10-35)23(36)37/h11-16H,4,7-10H2,1-3H3,(H,36,37)(H2,29,32,33,38). The number of imidazole rings is 1. The van der Waals surface area contributed by atoms with Crippen molar-refractivity contribution in [2.24, 2.45) is 12.5 Å². The van der Waals surface area contributed by atoms with E-state index >= 15 is 0 Å². The van der Waals surface area contributed by atoms with Gasteiger partial charge in [-0.25, -0.2) is 24.7 Å². The number of piperidine rings is 1. The van der Waals surface area contributed by atoms with Gasteiger partial charge in [-0.15, -0.1) is 0 Å². The number of hydrogen-bond acceptors (Lipinski definition) is 8. The molecule has 1 fully saturated rings. The van der Waals surface area contributed by atoms with Gasteiger partial charge >= 0.3 is 12.0 Å². The fraction of sp³-hybridized carbons (Fsp3) is 0.333. The number of aryl methyl sites for hydroxylation is 1. The van der Waals surface area contributed by atoms with Gasteiger partial charge in [-0.1, -0.05) is 17.3 Å². The molecule has 4 aromatic rings. The monoisotopic (exact) mass is 544 g/mol. The number of aliphatic carboxylic acids is 1.